The summed E-state index contributed by atoms with van der Waals surface area (Å²) in [5, 5.41) is 3.64. The van der Waals surface area contributed by atoms with Gasteiger partial charge in [0.2, 0.25) is 0 Å². The SMILES string of the molecule is CCC(C)(C)C1CCC(NC)C(N2CCCCCCC2)C1. The largest absolute Gasteiger partial charge is 0.315 e. The molecule has 0 amide bonds. The van der Waals surface area contributed by atoms with E-state index in [1.165, 1.54) is 70.9 Å². The number of rotatable bonds is 4. The van der Waals surface area contributed by atoms with Crippen molar-refractivity contribution in [2.24, 2.45) is 11.3 Å². The van der Waals surface area contributed by atoms with Crippen molar-refractivity contribution in [2.45, 2.75) is 90.6 Å². The molecule has 0 aromatic heterocycles. The third-order valence-electron chi connectivity index (χ3n) is 6.56. The highest BCUT2D eigenvalue weighted by Crippen LogP contribution is 2.42. The summed E-state index contributed by atoms with van der Waals surface area (Å²) in [4.78, 5) is 2.85. The summed E-state index contributed by atoms with van der Waals surface area (Å²) in [6, 6.07) is 1.49. The Bertz CT molecular complexity index is 292. The summed E-state index contributed by atoms with van der Waals surface area (Å²) in [6.45, 7) is 10.0. The third-order valence-corrected chi connectivity index (χ3v) is 6.56. The summed E-state index contributed by atoms with van der Waals surface area (Å²) in [5.41, 5.74) is 0.514. The maximum absolute atomic E-state index is 3.64. The Kier molecular flexibility index (Phi) is 6.55. The molecule has 0 spiro atoms. The van der Waals surface area contributed by atoms with Crippen molar-refractivity contribution in [1.29, 1.82) is 0 Å². The number of hydrogen-bond acceptors (Lipinski definition) is 2. The molecule has 21 heavy (non-hydrogen) atoms. The summed E-state index contributed by atoms with van der Waals surface area (Å²) in [5.74, 6) is 0.905. The van der Waals surface area contributed by atoms with E-state index in [9.17, 15) is 0 Å². The second kappa shape index (κ2) is 7.97. The lowest BCUT2D eigenvalue weighted by atomic mass is 9.67. The van der Waals surface area contributed by atoms with Crippen LogP contribution in [0.4, 0.5) is 0 Å². The van der Waals surface area contributed by atoms with E-state index in [-0.39, 0.29) is 0 Å². The summed E-state index contributed by atoms with van der Waals surface area (Å²) >= 11 is 0. The Morgan fingerprint density at radius 3 is 2.19 bits per heavy atom. The van der Waals surface area contributed by atoms with Crippen LogP contribution in [-0.2, 0) is 0 Å². The lowest BCUT2D eigenvalue weighted by molar-refractivity contribution is 0.0477. The monoisotopic (exact) mass is 294 g/mol. The van der Waals surface area contributed by atoms with Gasteiger partial charge in [-0.3, -0.25) is 4.90 Å². The highest BCUT2D eigenvalue weighted by molar-refractivity contribution is 4.94. The molecule has 3 unspecified atom stereocenters. The van der Waals surface area contributed by atoms with Crippen LogP contribution in [-0.4, -0.2) is 37.1 Å². The van der Waals surface area contributed by atoms with E-state index in [0.717, 1.165) is 12.0 Å². The van der Waals surface area contributed by atoms with Crippen LogP contribution in [0.25, 0.3) is 0 Å². The second-order valence-electron chi connectivity index (χ2n) is 8.12. The predicted octanol–water partition coefficient (Wildman–Crippen LogP) is 4.45. The Balaban J connectivity index is 2.04. The first-order chi connectivity index (χ1) is 10.1. The van der Waals surface area contributed by atoms with Crippen molar-refractivity contribution in [2.75, 3.05) is 20.1 Å². The molecule has 3 atom stereocenters. The second-order valence-corrected chi connectivity index (χ2v) is 8.12. The quantitative estimate of drug-likeness (QED) is 0.824. The first kappa shape index (κ1) is 17.3. The molecule has 1 N–H and O–H groups in total. The maximum Gasteiger partial charge on any atom is 0.0252 e. The minimum absolute atomic E-state index is 0.514. The predicted molar refractivity (Wildman–Crippen MR) is 92.7 cm³/mol. The van der Waals surface area contributed by atoms with Crippen molar-refractivity contribution >= 4 is 0 Å². The number of likely N-dealkylation sites (tertiary alicyclic amines) is 1. The summed E-state index contributed by atoms with van der Waals surface area (Å²) < 4.78 is 0. The van der Waals surface area contributed by atoms with Crippen molar-refractivity contribution < 1.29 is 0 Å². The minimum atomic E-state index is 0.514. The molecule has 2 aliphatic rings. The van der Waals surface area contributed by atoms with E-state index in [1.807, 2.05) is 0 Å². The van der Waals surface area contributed by atoms with E-state index >= 15 is 0 Å². The first-order valence-corrected chi connectivity index (χ1v) is 9.49. The van der Waals surface area contributed by atoms with Crippen LogP contribution in [0.1, 0.15) is 78.6 Å². The number of likely N-dealkylation sites (N-methyl/N-ethyl adjacent to an activating group) is 1. The van der Waals surface area contributed by atoms with Gasteiger partial charge in [-0.25, -0.2) is 0 Å². The fourth-order valence-corrected chi connectivity index (χ4v) is 4.49. The molecule has 2 nitrogen and oxygen atoms in total. The Morgan fingerprint density at radius 2 is 1.62 bits per heavy atom. The van der Waals surface area contributed by atoms with Crippen molar-refractivity contribution in [3.63, 3.8) is 0 Å². The van der Waals surface area contributed by atoms with Crippen LogP contribution < -0.4 is 5.32 Å². The van der Waals surface area contributed by atoms with Crippen molar-refractivity contribution in [1.82, 2.24) is 10.2 Å². The van der Waals surface area contributed by atoms with Gasteiger partial charge in [0.05, 0.1) is 0 Å². The average Bonchev–Trinajstić information content (AvgIpc) is 2.46. The highest BCUT2D eigenvalue weighted by atomic mass is 15.2. The number of hydrogen-bond donors (Lipinski definition) is 1. The molecule has 2 heteroatoms. The van der Waals surface area contributed by atoms with Gasteiger partial charge < -0.3 is 5.32 Å². The topological polar surface area (TPSA) is 15.3 Å². The molecular formula is C19H38N2. The molecule has 0 aromatic carbocycles. The van der Waals surface area contributed by atoms with E-state index in [0.29, 0.717) is 11.5 Å². The van der Waals surface area contributed by atoms with Gasteiger partial charge >= 0.3 is 0 Å². The maximum atomic E-state index is 3.64. The van der Waals surface area contributed by atoms with Crippen LogP contribution in [0.2, 0.25) is 0 Å². The molecule has 0 aromatic rings. The fraction of sp³-hybridized carbons (Fsp3) is 1.00. The lowest BCUT2D eigenvalue weighted by Crippen LogP contribution is -2.54. The molecule has 1 saturated carbocycles. The van der Waals surface area contributed by atoms with Crippen molar-refractivity contribution in [3.8, 4) is 0 Å². The van der Waals surface area contributed by atoms with Crippen LogP contribution in [0, 0.1) is 11.3 Å². The van der Waals surface area contributed by atoms with Gasteiger partial charge in [-0.2, -0.15) is 0 Å². The summed E-state index contributed by atoms with van der Waals surface area (Å²) in [6.07, 6.45) is 12.7. The Labute approximate surface area is 133 Å². The van der Waals surface area contributed by atoms with Gasteiger partial charge in [-0.05, 0) is 63.6 Å². The molecule has 1 saturated heterocycles. The fourth-order valence-electron chi connectivity index (χ4n) is 4.49. The van der Waals surface area contributed by atoms with Crippen LogP contribution >= 0.6 is 0 Å². The van der Waals surface area contributed by atoms with Crippen LogP contribution in [0.15, 0.2) is 0 Å². The molecule has 2 fully saturated rings. The van der Waals surface area contributed by atoms with E-state index < -0.39 is 0 Å². The highest BCUT2D eigenvalue weighted by Gasteiger charge is 2.38. The summed E-state index contributed by atoms with van der Waals surface area (Å²) in [7, 11) is 2.17. The van der Waals surface area contributed by atoms with E-state index in [1.54, 1.807) is 0 Å². The zero-order chi connectivity index (χ0) is 15.3. The van der Waals surface area contributed by atoms with Gasteiger partial charge in [-0.15, -0.1) is 0 Å². The first-order valence-electron chi connectivity index (χ1n) is 9.49. The van der Waals surface area contributed by atoms with Gasteiger partial charge in [0.1, 0.15) is 0 Å². The Morgan fingerprint density at radius 1 is 1.00 bits per heavy atom. The normalized spacial score (nSPS) is 33.4. The molecule has 124 valence electrons. The van der Waals surface area contributed by atoms with Crippen LogP contribution in [0.5, 0.6) is 0 Å². The molecule has 1 aliphatic carbocycles. The van der Waals surface area contributed by atoms with Gasteiger partial charge in [0, 0.05) is 12.1 Å². The molecule has 2 rings (SSSR count). The van der Waals surface area contributed by atoms with Crippen molar-refractivity contribution in [3.05, 3.63) is 0 Å². The average molecular weight is 295 g/mol. The molecule has 1 heterocycles. The zero-order valence-electron chi connectivity index (χ0n) is 15.0. The lowest BCUT2D eigenvalue weighted by Gasteiger charge is -2.47. The van der Waals surface area contributed by atoms with E-state index in [2.05, 4.69) is 38.0 Å². The zero-order valence-corrected chi connectivity index (χ0v) is 15.0. The third kappa shape index (κ3) is 4.45. The molecular weight excluding hydrogens is 256 g/mol. The number of nitrogens with zero attached hydrogens (tertiary/aromatic N) is 1. The van der Waals surface area contributed by atoms with Gasteiger partial charge in [-0.1, -0.05) is 46.5 Å². The van der Waals surface area contributed by atoms with Gasteiger partial charge in [0.25, 0.3) is 0 Å². The van der Waals surface area contributed by atoms with Crippen LogP contribution in [0.3, 0.4) is 0 Å². The molecule has 0 bridgehead atoms. The number of nitrogens with one attached hydrogen (secondary N) is 1. The Hall–Kier alpha value is -0.0800. The standard InChI is InChI=1S/C19H38N2/c1-5-19(2,3)16-11-12-17(20-4)18(15-16)21-13-9-7-6-8-10-14-21/h16-18,20H,5-15H2,1-4H3. The molecule has 0 radical (unpaired) electrons. The molecule has 1 aliphatic heterocycles. The van der Waals surface area contributed by atoms with E-state index in [4.69, 9.17) is 0 Å². The van der Waals surface area contributed by atoms with Gasteiger partial charge in [0.15, 0.2) is 0 Å². The minimum Gasteiger partial charge on any atom is -0.315 e. The smallest absolute Gasteiger partial charge is 0.0252 e.